The van der Waals surface area contributed by atoms with E-state index in [1.165, 1.54) is 10.4 Å². The topological polar surface area (TPSA) is 38.8 Å². The van der Waals surface area contributed by atoms with Gasteiger partial charge in [0.15, 0.2) is 0 Å². The number of cyclic esters (lactones) is 1. The van der Waals surface area contributed by atoms with Gasteiger partial charge in [0.2, 0.25) is 0 Å². The highest BCUT2D eigenvalue weighted by Gasteiger charge is 2.51. The summed E-state index contributed by atoms with van der Waals surface area (Å²) in [5.74, 6) is 0. The van der Waals surface area contributed by atoms with Gasteiger partial charge in [-0.05, 0) is 28.3 Å². The monoisotopic (exact) mass is 395 g/mol. The van der Waals surface area contributed by atoms with Gasteiger partial charge in [-0.25, -0.2) is 4.79 Å². The van der Waals surface area contributed by atoms with Crippen LogP contribution in [-0.4, -0.2) is 44.6 Å². The first-order valence-electron chi connectivity index (χ1n) is 10.1. The van der Waals surface area contributed by atoms with Crippen LogP contribution in [-0.2, 0) is 9.16 Å². The molecule has 1 amide bonds. The average molecular weight is 396 g/mol. The predicted molar refractivity (Wildman–Crippen MR) is 114 cm³/mol. The van der Waals surface area contributed by atoms with Crippen LogP contribution in [0, 0.1) is 0 Å². The smallest absolute Gasteiger partial charge is 0.410 e. The lowest BCUT2D eigenvalue weighted by atomic mass is 10.2. The minimum Gasteiger partial charge on any atom is -0.447 e. The molecule has 2 fully saturated rings. The molecule has 148 valence electrons. The van der Waals surface area contributed by atoms with E-state index in [1.54, 1.807) is 0 Å². The molecule has 28 heavy (non-hydrogen) atoms. The van der Waals surface area contributed by atoms with E-state index in [0.29, 0.717) is 13.2 Å². The van der Waals surface area contributed by atoms with Crippen LogP contribution in [0.3, 0.4) is 0 Å². The summed E-state index contributed by atoms with van der Waals surface area (Å²) in [5, 5.41) is 2.48. The molecule has 2 heterocycles. The van der Waals surface area contributed by atoms with Gasteiger partial charge in [0.25, 0.3) is 8.32 Å². The lowest BCUT2D eigenvalue weighted by Gasteiger charge is -2.44. The summed E-state index contributed by atoms with van der Waals surface area (Å²) in [6.45, 7) is 7.91. The fourth-order valence-corrected chi connectivity index (χ4v) is 9.41. The summed E-state index contributed by atoms with van der Waals surface area (Å²) in [6, 6.07) is 21.6. The van der Waals surface area contributed by atoms with Crippen molar-refractivity contribution < 1.29 is 14.0 Å². The Morgan fingerprint density at radius 3 is 2.11 bits per heavy atom. The first-order valence-corrected chi connectivity index (χ1v) is 12.0. The number of rotatable bonds is 5. The minimum absolute atomic E-state index is 0.0563. The molecule has 2 aromatic rings. The van der Waals surface area contributed by atoms with Gasteiger partial charge in [-0.1, -0.05) is 81.4 Å². The third-order valence-corrected chi connectivity index (χ3v) is 11.1. The maximum absolute atomic E-state index is 12.2. The molecule has 2 aliphatic heterocycles. The van der Waals surface area contributed by atoms with Crippen LogP contribution < -0.4 is 10.4 Å². The molecule has 0 bridgehead atoms. The first kappa shape index (κ1) is 19.2. The number of hydrogen-bond donors (Lipinski definition) is 0. The standard InChI is InChI=1S/C23H29NO3Si/c1-23(2,3)28(20-10-6-4-7-11-20,21-12-8-5-9-13-21)27-17-19-15-14-18-16-26-22(25)24(18)19/h4-13,18-19H,14-17H2,1-3H3/t18-,19-/m1/s1. The van der Waals surface area contributed by atoms with Gasteiger partial charge in [-0.2, -0.15) is 0 Å². The van der Waals surface area contributed by atoms with E-state index in [0.717, 1.165) is 12.8 Å². The third kappa shape index (κ3) is 3.16. The molecule has 0 spiro atoms. The van der Waals surface area contributed by atoms with Gasteiger partial charge in [-0.15, -0.1) is 0 Å². The first-order chi connectivity index (χ1) is 13.4. The number of amides is 1. The Labute approximate surface area is 168 Å². The fourth-order valence-electron chi connectivity index (χ4n) is 4.81. The van der Waals surface area contributed by atoms with E-state index in [2.05, 4.69) is 81.4 Å². The number of hydrogen-bond acceptors (Lipinski definition) is 3. The highest BCUT2D eigenvalue weighted by atomic mass is 28.4. The Morgan fingerprint density at radius 1 is 1.00 bits per heavy atom. The molecular formula is C23H29NO3Si. The molecule has 0 radical (unpaired) electrons. The van der Waals surface area contributed by atoms with Crippen molar-refractivity contribution in [1.82, 2.24) is 4.90 Å². The highest BCUT2D eigenvalue weighted by molar-refractivity contribution is 6.99. The molecule has 0 unspecified atom stereocenters. The minimum atomic E-state index is -2.56. The molecule has 2 atom stereocenters. The van der Waals surface area contributed by atoms with Crippen LogP contribution in [0.15, 0.2) is 60.7 Å². The van der Waals surface area contributed by atoms with Crippen molar-refractivity contribution in [2.75, 3.05) is 13.2 Å². The summed E-state index contributed by atoms with van der Waals surface area (Å²) in [6.07, 6.45) is 1.80. The molecule has 2 aliphatic rings. The lowest BCUT2D eigenvalue weighted by molar-refractivity contribution is 0.134. The van der Waals surface area contributed by atoms with Crippen LogP contribution in [0.5, 0.6) is 0 Å². The van der Waals surface area contributed by atoms with Crippen LogP contribution in [0.1, 0.15) is 33.6 Å². The molecule has 0 saturated carbocycles. The Kier molecular flexibility index (Phi) is 5.06. The SMILES string of the molecule is CC(C)(C)[Si](OC[C@H]1CC[C@@H]2COC(=O)N21)(c1ccccc1)c1ccccc1. The Hall–Kier alpha value is -2.11. The summed E-state index contributed by atoms with van der Waals surface area (Å²) in [5.41, 5.74) is 0. The van der Waals surface area contributed by atoms with Crippen molar-refractivity contribution in [2.24, 2.45) is 0 Å². The molecule has 0 aromatic heterocycles. The van der Waals surface area contributed by atoms with E-state index in [4.69, 9.17) is 9.16 Å². The molecule has 2 saturated heterocycles. The van der Waals surface area contributed by atoms with Crippen LogP contribution in [0.2, 0.25) is 5.04 Å². The second-order valence-electron chi connectivity index (χ2n) is 8.84. The van der Waals surface area contributed by atoms with Gasteiger partial charge in [-0.3, -0.25) is 4.90 Å². The summed E-state index contributed by atoms with van der Waals surface area (Å²) in [7, 11) is -2.56. The third-order valence-electron chi connectivity index (χ3n) is 6.14. The summed E-state index contributed by atoms with van der Waals surface area (Å²) >= 11 is 0. The van der Waals surface area contributed by atoms with Crippen molar-refractivity contribution in [3.8, 4) is 0 Å². The van der Waals surface area contributed by atoms with E-state index in [9.17, 15) is 4.79 Å². The van der Waals surface area contributed by atoms with Crippen molar-refractivity contribution in [2.45, 2.75) is 50.7 Å². The van der Waals surface area contributed by atoms with E-state index >= 15 is 0 Å². The number of carbonyl (C=O) groups excluding carboxylic acids is 1. The second-order valence-corrected chi connectivity index (χ2v) is 13.1. The van der Waals surface area contributed by atoms with Crippen LogP contribution in [0.25, 0.3) is 0 Å². The second kappa shape index (κ2) is 7.37. The number of benzene rings is 2. The van der Waals surface area contributed by atoms with E-state index < -0.39 is 8.32 Å². The van der Waals surface area contributed by atoms with Crippen molar-refractivity contribution >= 4 is 24.8 Å². The van der Waals surface area contributed by atoms with E-state index in [1.807, 2.05) is 4.90 Å². The fraction of sp³-hybridized carbons (Fsp3) is 0.435. The average Bonchev–Trinajstić information content (AvgIpc) is 3.26. The largest absolute Gasteiger partial charge is 0.447 e. The normalized spacial score (nSPS) is 22.2. The summed E-state index contributed by atoms with van der Waals surface area (Å²) in [4.78, 5) is 14.1. The number of carbonyl (C=O) groups is 1. The zero-order chi connectivity index (χ0) is 19.8. The van der Waals surface area contributed by atoms with Crippen molar-refractivity contribution in [3.05, 3.63) is 60.7 Å². The van der Waals surface area contributed by atoms with Crippen LogP contribution >= 0.6 is 0 Å². The Bertz CT molecular complexity index is 779. The van der Waals surface area contributed by atoms with Crippen molar-refractivity contribution in [1.29, 1.82) is 0 Å². The van der Waals surface area contributed by atoms with Gasteiger partial charge in [0.1, 0.15) is 6.61 Å². The quantitative estimate of drug-likeness (QED) is 0.727. The maximum Gasteiger partial charge on any atom is 0.410 e. The number of fused-ring (bicyclic) bond motifs is 1. The van der Waals surface area contributed by atoms with E-state index in [-0.39, 0.29) is 23.2 Å². The Balaban J connectivity index is 1.72. The molecule has 4 rings (SSSR count). The molecule has 0 aliphatic carbocycles. The van der Waals surface area contributed by atoms with Gasteiger partial charge in [0.05, 0.1) is 18.7 Å². The lowest BCUT2D eigenvalue weighted by Crippen LogP contribution is -2.67. The molecular weight excluding hydrogens is 366 g/mol. The van der Waals surface area contributed by atoms with Gasteiger partial charge < -0.3 is 9.16 Å². The zero-order valence-electron chi connectivity index (χ0n) is 16.9. The molecule has 0 N–H and O–H groups in total. The number of ether oxygens (including phenoxy) is 1. The maximum atomic E-state index is 12.2. The van der Waals surface area contributed by atoms with Crippen molar-refractivity contribution in [3.63, 3.8) is 0 Å². The zero-order valence-corrected chi connectivity index (χ0v) is 17.9. The molecule has 5 heteroatoms. The highest BCUT2D eigenvalue weighted by Crippen LogP contribution is 2.38. The summed E-state index contributed by atoms with van der Waals surface area (Å²) < 4.78 is 12.3. The molecule has 2 aromatic carbocycles. The van der Waals surface area contributed by atoms with Gasteiger partial charge in [0, 0.05) is 0 Å². The molecule has 4 nitrogen and oxygen atoms in total. The van der Waals surface area contributed by atoms with Gasteiger partial charge >= 0.3 is 6.09 Å². The van der Waals surface area contributed by atoms with Crippen LogP contribution in [0.4, 0.5) is 4.79 Å². The predicted octanol–water partition coefficient (Wildman–Crippen LogP) is 3.55. The Morgan fingerprint density at radius 2 is 1.57 bits per heavy atom. The number of nitrogens with zero attached hydrogens (tertiary/aromatic N) is 1.